The van der Waals surface area contributed by atoms with E-state index in [9.17, 15) is 0 Å². The van der Waals surface area contributed by atoms with Crippen molar-refractivity contribution < 1.29 is 9.47 Å². The van der Waals surface area contributed by atoms with Crippen molar-refractivity contribution in [3.63, 3.8) is 0 Å². The molecular weight excluding hydrogens is 304 g/mol. The molecule has 1 saturated heterocycles. The predicted octanol–water partition coefficient (Wildman–Crippen LogP) is 3.00. The smallest absolute Gasteiger partial charge is 0.225 e. The van der Waals surface area contributed by atoms with Crippen molar-refractivity contribution in [1.29, 1.82) is 0 Å². The number of ether oxygens (including phenoxy) is 2. The van der Waals surface area contributed by atoms with E-state index in [1.807, 2.05) is 37.3 Å². The third kappa shape index (κ3) is 4.35. The second kappa shape index (κ2) is 7.97. The van der Waals surface area contributed by atoms with Crippen LogP contribution in [-0.4, -0.2) is 36.3 Å². The topological polar surface area (TPSA) is 68.3 Å². The number of rotatable bonds is 7. The first-order valence-corrected chi connectivity index (χ1v) is 8.31. The highest BCUT2D eigenvalue weighted by atomic mass is 16.5. The zero-order valence-corrected chi connectivity index (χ0v) is 14.2. The maximum Gasteiger partial charge on any atom is 0.225 e. The molecule has 0 amide bonds. The molecule has 0 spiro atoms. The summed E-state index contributed by atoms with van der Waals surface area (Å²) in [6.45, 7) is 4.22. The zero-order valence-electron chi connectivity index (χ0n) is 14.2. The Labute approximate surface area is 142 Å². The van der Waals surface area contributed by atoms with Gasteiger partial charge in [0.05, 0.1) is 13.2 Å². The Balaban J connectivity index is 1.62. The first-order valence-electron chi connectivity index (χ1n) is 8.31. The van der Waals surface area contributed by atoms with Gasteiger partial charge in [-0.2, -0.15) is 4.98 Å². The molecule has 1 aromatic carbocycles. The number of methoxy groups -OCH3 is 1. The van der Waals surface area contributed by atoms with E-state index in [1.165, 1.54) is 0 Å². The highest BCUT2D eigenvalue weighted by Gasteiger charge is 2.15. The molecule has 0 radical (unpaired) electrons. The van der Waals surface area contributed by atoms with Gasteiger partial charge in [-0.1, -0.05) is 18.2 Å². The molecule has 1 unspecified atom stereocenters. The van der Waals surface area contributed by atoms with E-state index in [0.29, 0.717) is 12.5 Å². The SMILES string of the molecule is COc1ccccc1CNc1nc(C)cc(NCC2CCCO2)n1. The van der Waals surface area contributed by atoms with E-state index in [-0.39, 0.29) is 6.10 Å². The molecule has 0 saturated carbocycles. The van der Waals surface area contributed by atoms with Crippen molar-refractivity contribution in [2.75, 3.05) is 30.9 Å². The Morgan fingerprint density at radius 1 is 1.25 bits per heavy atom. The molecule has 0 aliphatic carbocycles. The number of hydrogen-bond donors (Lipinski definition) is 2. The van der Waals surface area contributed by atoms with Crippen molar-refractivity contribution in [3.8, 4) is 5.75 Å². The lowest BCUT2D eigenvalue weighted by molar-refractivity contribution is 0.120. The zero-order chi connectivity index (χ0) is 16.8. The average molecular weight is 328 g/mol. The Morgan fingerprint density at radius 3 is 2.92 bits per heavy atom. The molecule has 24 heavy (non-hydrogen) atoms. The third-order valence-electron chi connectivity index (χ3n) is 4.02. The second-order valence-electron chi connectivity index (χ2n) is 5.90. The van der Waals surface area contributed by atoms with Gasteiger partial charge in [0.25, 0.3) is 0 Å². The van der Waals surface area contributed by atoms with Crippen LogP contribution < -0.4 is 15.4 Å². The molecule has 6 heteroatoms. The minimum absolute atomic E-state index is 0.283. The highest BCUT2D eigenvalue weighted by Crippen LogP contribution is 2.19. The van der Waals surface area contributed by atoms with Gasteiger partial charge < -0.3 is 20.1 Å². The molecule has 2 N–H and O–H groups in total. The van der Waals surface area contributed by atoms with Gasteiger partial charge in [0.1, 0.15) is 11.6 Å². The van der Waals surface area contributed by atoms with E-state index in [0.717, 1.165) is 48.8 Å². The maximum absolute atomic E-state index is 5.63. The lowest BCUT2D eigenvalue weighted by atomic mass is 10.2. The summed E-state index contributed by atoms with van der Waals surface area (Å²) in [7, 11) is 1.68. The standard InChI is InChI=1S/C18H24N4O2/c1-13-10-17(19-12-15-7-5-9-24-15)22-18(21-13)20-11-14-6-3-4-8-16(14)23-2/h3-4,6,8,10,15H,5,7,9,11-12H2,1-2H3,(H2,19,20,21,22). The van der Waals surface area contributed by atoms with E-state index in [4.69, 9.17) is 9.47 Å². The molecule has 2 aromatic rings. The van der Waals surface area contributed by atoms with Crippen LogP contribution in [0.5, 0.6) is 5.75 Å². The lowest BCUT2D eigenvalue weighted by Crippen LogP contribution is -2.19. The largest absolute Gasteiger partial charge is 0.496 e. The van der Waals surface area contributed by atoms with Gasteiger partial charge in [-0.05, 0) is 25.8 Å². The molecule has 1 aliphatic rings. The van der Waals surface area contributed by atoms with Gasteiger partial charge in [-0.25, -0.2) is 4.98 Å². The van der Waals surface area contributed by atoms with Crippen LogP contribution in [0.3, 0.4) is 0 Å². The number of anilines is 2. The Bertz CT molecular complexity index is 672. The molecule has 3 rings (SSSR count). The van der Waals surface area contributed by atoms with Crippen LogP contribution in [-0.2, 0) is 11.3 Å². The molecule has 6 nitrogen and oxygen atoms in total. The third-order valence-corrected chi connectivity index (χ3v) is 4.02. The Morgan fingerprint density at radius 2 is 2.12 bits per heavy atom. The minimum atomic E-state index is 0.283. The monoisotopic (exact) mass is 328 g/mol. The van der Waals surface area contributed by atoms with Crippen molar-refractivity contribution in [2.24, 2.45) is 0 Å². The number of benzene rings is 1. The molecule has 1 aliphatic heterocycles. The van der Waals surface area contributed by atoms with Gasteiger partial charge >= 0.3 is 0 Å². The van der Waals surface area contributed by atoms with Crippen LogP contribution in [0.25, 0.3) is 0 Å². The average Bonchev–Trinajstić information content (AvgIpc) is 3.11. The maximum atomic E-state index is 5.63. The number of aryl methyl sites for hydroxylation is 1. The number of hydrogen-bond acceptors (Lipinski definition) is 6. The first-order chi connectivity index (χ1) is 11.7. The van der Waals surface area contributed by atoms with Gasteiger partial charge in [-0.3, -0.25) is 0 Å². The summed E-state index contributed by atoms with van der Waals surface area (Å²) in [4.78, 5) is 8.99. The molecule has 1 aromatic heterocycles. The molecule has 128 valence electrons. The van der Waals surface area contributed by atoms with Crippen molar-refractivity contribution in [3.05, 3.63) is 41.6 Å². The van der Waals surface area contributed by atoms with Crippen molar-refractivity contribution in [2.45, 2.75) is 32.4 Å². The van der Waals surface area contributed by atoms with Crippen LogP contribution in [0.2, 0.25) is 0 Å². The summed E-state index contributed by atoms with van der Waals surface area (Å²) in [5, 5.41) is 6.62. The number of aromatic nitrogens is 2. The number of nitrogens with zero attached hydrogens (tertiary/aromatic N) is 2. The minimum Gasteiger partial charge on any atom is -0.496 e. The first kappa shape index (κ1) is 16.5. The summed E-state index contributed by atoms with van der Waals surface area (Å²) in [5.74, 6) is 2.28. The van der Waals surface area contributed by atoms with E-state index in [2.05, 4.69) is 20.6 Å². The summed E-state index contributed by atoms with van der Waals surface area (Å²) in [5.41, 5.74) is 1.99. The number of para-hydroxylation sites is 1. The fourth-order valence-electron chi connectivity index (χ4n) is 2.79. The van der Waals surface area contributed by atoms with Crippen LogP contribution in [0.15, 0.2) is 30.3 Å². The quantitative estimate of drug-likeness (QED) is 0.814. The van der Waals surface area contributed by atoms with E-state index in [1.54, 1.807) is 7.11 Å². The molecular formula is C18H24N4O2. The van der Waals surface area contributed by atoms with Crippen LogP contribution in [0.4, 0.5) is 11.8 Å². The lowest BCUT2D eigenvalue weighted by Gasteiger charge is -2.13. The van der Waals surface area contributed by atoms with E-state index >= 15 is 0 Å². The Hall–Kier alpha value is -2.34. The second-order valence-corrected chi connectivity index (χ2v) is 5.90. The van der Waals surface area contributed by atoms with Crippen molar-refractivity contribution in [1.82, 2.24) is 9.97 Å². The predicted molar refractivity (Wildman–Crippen MR) is 94.6 cm³/mol. The van der Waals surface area contributed by atoms with Crippen LogP contribution in [0, 0.1) is 6.92 Å². The fraction of sp³-hybridized carbons (Fsp3) is 0.444. The van der Waals surface area contributed by atoms with Gasteiger partial charge in [-0.15, -0.1) is 0 Å². The van der Waals surface area contributed by atoms with Crippen LogP contribution in [0.1, 0.15) is 24.1 Å². The molecule has 2 heterocycles. The fourth-order valence-corrected chi connectivity index (χ4v) is 2.79. The van der Waals surface area contributed by atoms with Gasteiger partial charge in [0.15, 0.2) is 0 Å². The van der Waals surface area contributed by atoms with Gasteiger partial charge in [0.2, 0.25) is 5.95 Å². The highest BCUT2D eigenvalue weighted by molar-refractivity contribution is 5.43. The molecule has 1 atom stereocenters. The Kier molecular flexibility index (Phi) is 5.48. The van der Waals surface area contributed by atoms with Crippen molar-refractivity contribution >= 4 is 11.8 Å². The summed E-state index contributed by atoms with van der Waals surface area (Å²) in [6.07, 6.45) is 2.53. The summed E-state index contributed by atoms with van der Waals surface area (Å²) < 4.78 is 11.0. The normalized spacial score (nSPS) is 16.8. The molecule has 1 fully saturated rings. The van der Waals surface area contributed by atoms with E-state index < -0.39 is 0 Å². The van der Waals surface area contributed by atoms with Crippen LogP contribution >= 0.6 is 0 Å². The van der Waals surface area contributed by atoms with Gasteiger partial charge in [0, 0.05) is 37.0 Å². The molecule has 0 bridgehead atoms. The number of nitrogens with one attached hydrogen (secondary N) is 2. The summed E-state index contributed by atoms with van der Waals surface area (Å²) >= 11 is 0. The summed E-state index contributed by atoms with van der Waals surface area (Å²) in [6, 6.07) is 9.87.